The summed E-state index contributed by atoms with van der Waals surface area (Å²) >= 11 is 1.18. The van der Waals surface area contributed by atoms with Gasteiger partial charge < -0.3 is 15.6 Å². The Balaban J connectivity index is 2.15. The number of nitrogens with zero attached hydrogens (tertiary/aromatic N) is 1. The summed E-state index contributed by atoms with van der Waals surface area (Å²) in [5, 5.41) is 12.9. The van der Waals surface area contributed by atoms with Gasteiger partial charge in [-0.25, -0.2) is 4.98 Å². The van der Waals surface area contributed by atoms with Crippen LogP contribution >= 0.6 is 11.3 Å². The molecule has 122 valence electrons. The molecule has 0 aliphatic rings. The maximum Gasteiger partial charge on any atom is 0.261 e. The van der Waals surface area contributed by atoms with Crippen molar-refractivity contribution < 1.29 is 19.4 Å². The molecule has 2 amide bonds. The van der Waals surface area contributed by atoms with Crippen LogP contribution in [0.1, 0.15) is 29.1 Å². The molecule has 0 aliphatic carbocycles. The van der Waals surface area contributed by atoms with E-state index in [1.165, 1.54) is 17.5 Å². The fourth-order valence-corrected chi connectivity index (χ4v) is 2.52. The molecule has 0 atom stereocenters. The van der Waals surface area contributed by atoms with Gasteiger partial charge in [0.1, 0.15) is 5.75 Å². The molecule has 23 heavy (non-hydrogen) atoms. The first-order valence-electron chi connectivity index (χ1n) is 6.77. The van der Waals surface area contributed by atoms with Crippen LogP contribution in [0.2, 0.25) is 0 Å². The summed E-state index contributed by atoms with van der Waals surface area (Å²) in [4.78, 5) is 27.8. The second-order valence-corrected chi connectivity index (χ2v) is 6.32. The van der Waals surface area contributed by atoms with Gasteiger partial charge in [0.2, 0.25) is 0 Å². The Morgan fingerprint density at radius 2 is 2.09 bits per heavy atom. The number of aliphatic hydroxyl groups is 1. The lowest BCUT2D eigenvalue weighted by atomic mass is 10.1. The fourth-order valence-electron chi connectivity index (χ4n) is 1.71. The van der Waals surface area contributed by atoms with Gasteiger partial charge in [-0.3, -0.25) is 14.9 Å². The molecule has 0 unspecified atom stereocenters. The second-order valence-electron chi connectivity index (χ2n) is 5.29. The van der Waals surface area contributed by atoms with Crippen LogP contribution in [0.15, 0.2) is 30.5 Å². The van der Waals surface area contributed by atoms with Crippen molar-refractivity contribution in [3.05, 3.63) is 40.9 Å². The third kappa shape index (κ3) is 4.51. The van der Waals surface area contributed by atoms with Gasteiger partial charge in [-0.05, 0) is 26.0 Å². The Kier molecular flexibility index (Phi) is 4.97. The molecule has 0 aliphatic heterocycles. The first-order chi connectivity index (χ1) is 10.8. The van der Waals surface area contributed by atoms with Crippen LogP contribution in [0.3, 0.4) is 0 Å². The lowest BCUT2D eigenvalue weighted by Gasteiger charge is -2.13. The number of aromatic nitrogens is 1. The third-order valence-electron chi connectivity index (χ3n) is 2.83. The number of carbonyl (C=O) groups excluding carboxylic acids is 2. The minimum Gasteiger partial charge on any atom is -0.483 e. The van der Waals surface area contributed by atoms with Crippen molar-refractivity contribution in [2.24, 2.45) is 5.73 Å². The molecule has 7 nitrogen and oxygen atoms in total. The zero-order valence-corrected chi connectivity index (χ0v) is 13.5. The average Bonchev–Trinajstić information content (AvgIpc) is 2.94. The number of benzene rings is 1. The van der Waals surface area contributed by atoms with Crippen molar-refractivity contribution >= 4 is 28.3 Å². The van der Waals surface area contributed by atoms with Gasteiger partial charge >= 0.3 is 0 Å². The first-order valence-corrected chi connectivity index (χ1v) is 7.59. The zero-order chi connectivity index (χ0) is 17.0. The molecular weight excluding hydrogens is 318 g/mol. The SMILES string of the molecule is CC(C)(O)c1cnc(NC(=O)c2ccccc2OCC(N)=O)s1. The Bertz CT molecular complexity index is 722. The van der Waals surface area contributed by atoms with E-state index in [2.05, 4.69) is 10.3 Å². The first kappa shape index (κ1) is 16.9. The Labute approximate surface area is 137 Å². The van der Waals surface area contributed by atoms with Crippen molar-refractivity contribution in [3.8, 4) is 5.75 Å². The van der Waals surface area contributed by atoms with Gasteiger partial charge in [0.05, 0.1) is 16.0 Å². The highest BCUT2D eigenvalue weighted by Crippen LogP contribution is 2.29. The van der Waals surface area contributed by atoms with Crippen LogP contribution < -0.4 is 15.8 Å². The molecule has 1 aromatic carbocycles. The summed E-state index contributed by atoms with van der Waals surface area (Å²) in [6, 6.07) is 6.50. The highest BCUT2D eigenvalue weighted by Gasteiger charge is 2.21. The Morgan fingerprint density at radius 3 is 2.70 bits per heavy atom. The topological polar surface area (TPSA) is 115 Å². The van der Waals surface area contributed by atoms with Crippen molar-refractivity contribution in [1.82, 2.24) is 4.98 Å². The standard InChI is InChI=1S/C15H17N3O4S/c1-15(2,21)11-7-17-14(23-11)18-13(20)9-5-3-4-6-10(9)22-8-12(16)19/h3-7,21H,8H2,1-2H3,(H2,16,19)(H,17,18,20). The van der Waals surface area contributed by atoms with Gasteiger partial charge in [0, 0.05) is 6.20 Å². The van der Waals surface area contributed by atoms with Crippen LogP contribution in [0.25, 0.3) is 0 Å². The summed E-state index contributed by atoms with van der Waals surface area (Å²) in [5.41, 5.74) is 4.27. The molecule has 0 radical (unpaired) electrons. The molecule has 0 bridgehead atoms. The van der Waals surface area contributed by atoms with Crippen LogP contribution in [-0.4, -0.2) is 28.5 Å². The predicted octanol–water partition coefficient (Wildman–Crippen LogP) is 1.49. The molecule has 0 fully saturated rings. The maximum atomic E-state index is 12.3. The molecule has 0 saturated heterocycles. The number of nitrogens with two attached hydrogens (primary N) is 1. The number of primary amides is 1. The number of carbonyl (C=O) groups is 2. The van der Waals surface area contributed by atoms with Gasteiger partial charge in [0.25, 0.3) is 11.8 Å². The Hall–Kier alpha value is -2.45. The number of amides is 2. The number of nitrogens with one attached hydrogen (secondary N) is 1. The number of thiazole rings is 1. The van der Waals surface area contributed by atoms with Crippen molar-refractivity contribution in [3.63, 3.8) is 0 Å². The van der Waals surface area contributed by atoms with E-state index in [-0.39, 0.29) is 17.9 Å². The normalized spacial score (nSPS) is 11.1. The van der Waals surface area contributed by atoms with Gasteiger partial charge in [-0.15, -0.1) is 0 Å². The average molecular weight is 335 g/mol. The van der Waals surface area contributed by atoms with E-state index in [0.717, 1.165) is 0 Å². The van der Waals surface area contributed by atoms with Crippen molar-refractivity contribution in [2.45, 2.75) is 19.4 Å². The number of hydrogen-bond donors (Lipinski definition) is 3. The quantitative estimate of drug-likeness (QED) is 0.740. The number of rotatable bonds is 6. The summed E-state index contributed by atoms with van der Waals surface area (Å²) in [5.74, 6) is -0.806. The third-order valence-corrected chi connectivity index (χ3v) is 4.06. The van der Waals surface area contributed by atoms with Crippen LogP contribution in [0.4, 0.5) is 5.13 Å². The maximum absolute atomic E-state index is 12.3. The summed E-state index contributed by atoms with van der Waals surface area (Å²) < 4.78 is 5.22. The Morgan fingerprint density at radius 1 is 1.39 bits per heavy atom. The highest BCUT2D eigenvalue weighted by molar-refractivity contribution is 7.15. The van der Waals surface area contributed by atoms with Crippen molar-refractivity contribution in [2.75, 3.05) is 11.9 Å². The van der Waals surface area contributed by atoms with Gasteiger partial charge in [-0.2, -0.15) is 0 Å². The second kappa shape index (κ2) is 6.76. The van der Waals surface area contributed by atoms with Gasteiger partial charge in [0.15, 0.2) is 11.7 Å². The minimum absolute atomic E-state index is 0.253. The monoisotopic (exact) mass is 335 g/mol. The van der Waals surface area contributed by atoms with Crippen LogP contribution in [0, 0.1) is 0 Å². The van der Waals surface area contributed by atoms with Gasteiger partial charge in [-0.1, -0.05) is 23.5 Å². The highest BCUT2D eigenvalue weighted by atomic mass is 32.1. The summed E-state index contributed by atoms with van der Waals surface area (Å²) in [6.45, 7) is 2.96. The van der Waals surface area contributed by atoms with E-state index in [1.807, 2.05) is 0 Å². The van der Waals surface area contributed by atoms with E-state index in [4.69, 9.17) is 10.5 Å². The van der Waals surface area contributed by atoms with E-state index >= 15 is 0 Å². The number of ether oxygens (including phenoxy) is 1. The molecule has 0 spiro atoms. The zero-order valence-electron chi connectivity index (χ0n) is 12.7. The van der Waals surface area contributed by atoms with E-state index in [1.54, 1.807) is 38.1 Å². The smallest absolute Gasteiger partial charge is 0.261 e. The molecule has 2 aromatic rings. The molecule has 1 aromatic heterocycles. The minimum atomic E-state index is -1.02. The fraction of sp³-hybridized carbons (Fsp3) is 0.267. The van der Waals surface area contributed by atoms with Crippen LogP contribution in [0.5, 0.6) is 5.75 Å². The van der Waals surface area contributed by atoms with E-state index in [9.17, 15) is 14.7 Å². The number of para-hydroxylation sites is 1. The van der Waals surface area contributed by atoms with Crippen molar-refractivity contribution in [1.29, 1.82) is 0 Å². The number of hydrogen-bond acceptors (Lipinski definition) is 6. The van der Waals surface area contributed by atoms with E-state index in [0.29, 0.717) is 10.0 Å². The molecule has 4 N–H and O–H groups in total. The van der Waals surface area contributed by atoms with Crippen LogP contribution in [-0.2, 0) is 10.4 Å². The summed E-state index contributed by atoms with van der Waals surface area (Å²) in [6.07, 6.45) is 1.51. The molecule has 8 heteroatoms. The number of anilines is 1. The largest absolute Gasteiger partial charge is 0.483 e. The molecule has 0 saturated carbocycles. The molecular formula is C15H17N3O4S. The molecule has 1 heterocycles. The lowest BCUT2D eigenvalue weighted by Crippen LogP contribution is -2.21. The molecule has 2 rings (SSSR count). The lowest BCUT2D eigenvalue weighted by molar-refractivity contribution is -0.119. The predicted molar refractivity (Wildman–Crippen MR) is 86.4 cm³/mol. The summed E-state index contributed by atoms with van der Waals surface area (Å²) in [7, 11) is 0. The van der Waals surface area contributed by atoms with E-state index < -0.39 is 17.4 Å².